The van der Waals surface area contributed by atoms with Gasteiger partial charge in [-0.05, 0) is 0 Å². The van der Waals surface area contributed by atoms with E-state index in [2.05, 4.69) is 10.5 Å². The number of carboxylic acid groups (broad SMARTS) is 1. The molecule has 0 fully saturated rings. The lowest BCUT2D eigenvalue weighted by atomic mass is 10.7. The van der Waals surface area contributed by atoms with Crippen molar-refractivity contribution in [2.24, 2.45) is 5.73 Å². The number of carbonyl (C=O) groups is 1. The van der Waals surface area contributed by atoms with Gasteiger partial charge in [-0.25, -0.2) is 0 Å². The molecule has 0 bridgehead atoms. The van der Waals surface area contributed by atoms with E-state index in [1.807, 2.05) is 0 Å². The van der Waals surface area contributed by atoms with Gasteiger partial charge in [0.1, 0.15) is 0 Å². The van der Waals surface area contributed by atoms with Gasteiger partial charge in [0.05, 0.1) is 19.8 Å². The fourth-order valence-corrected chi connectivity index (χ4v) is 0.0913. The second-order valence-electron chi connectivity index (χ2n) is 1.31. The highest BCUT2D eigenvalue weighted by Crippen LogP contribution is 1.56. The molecule has 70 valence electrons. The number of halogens is 1. The molecule has 0 spiro atoms. The van der Waals surface area contributed by atoms with Crippen LogP contribution in [0.5, 0.6) is 0 Å². The molecule has 0 unspecified atom stereocenters. The Labute approximate surface area is 71.6 Å². The molecular weight excluding hydrogens is 174 g/mol. The van der Waals surface area contributed by atoms with Gasteiger partial charge in [0, 0.05) is 7.11 Å². The van der Waals surface area contributed by atoms with E-state index in [4.69, 9.17) is 10.2 Å². The Morgan fingerprint density at radius 2 is 2.00 bits per heavy atom. The number of carboxylic acids is 1. The average molecular weight is 188 g/mol. The summed E-state index contributed by atoms with van der Waals surface area (Å²) in [6.45, 7) is 0.288. The molecule has 0 aliphatic rings. The highest BCUT2D eigenvalue weighted by Gasteiger charge is 1.81. The van der Waals surface area contributed by atoms with Crippen molar-refractivity contribution in [1.82, 2.24) is 0 Å². The third-order valence-corrected chi connectivity index (χ3v) is 0.470. The van der Waals surface area contributed by atoms with Crippen molar-refractivity contribution in [1.29, 1.82) is 0 Å². The van der Waals surface area contributed by atoms with Crippen LogP contribution in [0.25, 0.3) is 0 Å². The Morgan fingerprint density at radius 1 is 1.64 bits per heavy atom. The summed E-state index contributed by atoms with van der Waals surface area (Å²) in [5, 5.41) is 15.5. The number of hydrogen-bond acceptors (Lipinski definition) is 4. The highest BCUT2D eigenvalue weighted by molar-refractivity contribution is 5.85. The maximum atomic E-state index is 9.24. The molecule has 0 aromatic heterocycles. The normalized spacial score (nSPS) is 7.18. The molecular formula is C5H14ClNO4. The first-order valence-electron chi connectivity index (χ1n) is 2.70. The van der Waals surface area contributed by atoms with Crippen LogP contribution in [0.1, 0.15) is 0 Å². The van der Waals surface area contributed by atoms with Crippen molar-refractivity contribution in [3.05, 3.63) is 0 Å². The minimum Gasteiger partial charge on any atom is -0.480 e. The lowest BCUT2D eigenvalue weighted by Gasteiger charge is -1.84. The maximum absolute atomic E-state index is 9.24. The van der Waals surface area contributed by atoms with Gasteiger partial charge < -0.3 is 20.7 Å². The van der Waals surface area contributed by atoms with Crippen molar-refractivity contribution < 1.29 is 19.7 Å². The smallest absolute Gasteiger partial charge is 0.317 e. The number of nitrogens with two attached hydrogens (primary N) is 1. The van der Waals surface area contributed by atoms with Crippen molar-refractivity contribution in [2.45, 2.75) is 0 Å². The molecule has 0 rings (SSSR count). The molecule has 0 aliphatic heterocycles. The fraction of sp³-hybridized carbons (Fsp3) is 0.800. The predicted octanol–water partition coefficient (Wildman–Crippen LogP) is -0.923. The van der Waals surface area contributed by atoms with Gasteiger partial charge in [-0.3, -0.25) is 4.79 Å². The van der Waals surface area contributed by atoms with Crippen LogP contribution in [-0.4, -0.2) is 43.1 Å². The third-order valence-electron chi connectivity index (χ3n) is 0.470. The van der Waals surface area contributed by atoms with Crippen LogP contribution in [0, 0.1) is 0 Å². The Bertz CT molecular complexity index is 78.9. The Kier molecular flexibility index (Phi) is 25.1. The van der Waals surface area contributed by atoms with E-state index in [9.17, 15) is 4.79 Å². The summed E-state index contributed by atoms with van der Waals surface area (Å²) < 4.78 is 4.44. The predicted molar refractivity (Wildman–Crippen MR) is 42.9 cm³/mol. The molecule has 4 N–H and O–H groups in total. The second kappa shape index (κ2) is 16.3. The lowest BCUT2D eigenvalue weighted by molar-refractivity contribution is -0.135. The van der Waals surface area contributed by atoms with E-state index in [1.165, 1.54) is 0 Å². The van der Waals surface area contributed by atoms with E-state index < -0.39 is 5.97 Å². The van der Waals surface area contributed by atoms with Gasteiger partial charge in [-0.1, -0.05) is 0 Å². The molecule has 0 aromatic carbocycles. The summed E-state index contributed by atoms with van der Waals surface area (Å²) in [5.41, 5.74) is 4.57. The second-order valence-corrected chi connectivity index (χ2v) is 1.31. The molecule has 0 saturated carbocycles. The zero-order chi connectivity index (χ0) is 8.41. The van der Waals surface area contributed by atoms with Gasteiger partial charge >= 0.3 is 5.97 Å². The van der Waals surface area contributed by atoms with E-state index in [0.717, 1.165) is 0 Å². The number of aliphatic hydroxyl groups excluding tert-OH is 1. The Hall–Kier alpha value is -0.360. The van der Waals surface area contributed by atoms with Crippen molar-refractivity contribution >= 4 is 18.4 Å². The van der Waals surface area contributed by atoms with Crippen molar-refractivity contribution in [2.75, 3.05) is 26.9 Å². The highest BCUT2D eigenvalue weighted by atomic mass is 35.5. The third kappa shape index (κ3) is 42.5. The minimum absolute atomic E-state index is 0. The van der Waals surface area contributed by atoms with Gasteiger partial charge in [-0.2, -0.15) is 0 Å². The molecule has 5 nitrogen and oxygen atoms in total. The quantitative estimate of drug-likeness (QED) is 0.531. The van der Waals surface area contributed by atoms with Crippen LogP contribution < -0.4 is 5.73 Å². The Morgan fingerprint density at radius 3 is 2.00 bits per heavy atom. The van der Waals surface area contributed by atoms with Crippen molar-refractivity contribution in [3.63, 3.8) is 0 Å². The largest absolute Gasteiger partial charge is 0.480 e. The average Bonchev–Trinajstić information content (AvgIpc) is 1.91. The monoisotopic (exact) mass is 187 g/mol. The number of methoxy groups -OCH3 is 1. The zero-order valence-electron chi connectivity index (χ0n) is 6.32. The van der Waals surface area contributed by atoms with Crippen molar-refractivity contribution in [3.8, 4) is 0 Å². The fourth-order valence-electron chi connectivity index (χ4n) is 0.0913. The number of hydrogen-bond donors (Lipinski definition) is 3. The van der Waals surface area contributed by atoms with Gasteiger partial charge in [0.2, 0.25) is 0 Å². The summed E-state index contributed by atoms with van der Waals surface area (Å²) in [6, 6.07) is 0. The molecule has 6 heteroatoms. The summed E-state index contributed by atoms with van der Waals surface area (Å²) >= 11 is 0. The van der Waals surface area contributed by atoms with E-state index in [-0.39, 0.29) is 25.6 Å². The SMILES string of the molecule is COCCO.Cl.NCC(=O)O. The van der Waals surface area contributed by atoms with E-state index in [0.29, 0.717) is 6.61 Å². The summed E-state index contributed by atoms with van der Waals surface area (Å²) in [6.07, 6.45) is 0. The number of aliphatic carboxylic acids is 1. The molecule has 0 saturated heterocycles. The lowest BCUT2D eigenvalue weighted by Crippen LogP contribution is -2.10. The Balaban J connectivity index is -0.000000107. The van der Waals surface area contributed by atoms with Crippen LogP contribution in [0.2, 0.25) is 0 Å². The molecule has 0 aromatic rings. The van der Waals surface area contributed by atoms with Crippen LogP contribution >= 0.6 is 12.4 Å². The first-order valence-corrected chi connectivity index (χ1v) is 2.70. The maximum Gasteiger partial charge on any atom is 0.317 e. The molecule has 0 aliphatic carbocycles. The van der Waals surface area contributed by atoms with Crippen LogP contribution in [0.3, 0.4) is 0 Å². The molecule has 0 atom stereocenters. The van der Waals surface area contributed by atoms with Crippen LogP contribution in [0.15, 0.2) is 0 Å². The summed E-state index contributed by atoms with van der Waals surface area (Å²) in [4.78, 5) is 9.24. The number of aliphatic hydroxyl groups is 1. The summed E-state index contributed by atoms with van der Waals surface area (Å²) in [7, 11) is 1.55. The number of ether oxygens (including phenoxy) is 1. The molecule has 0 amide bonds. The van der Waals surface area contributed by atoms with Crippen LogP contribution in [0.4, 0.5) is 0 Å². The topological polar surface area (TPSA) is 92.8 Å². The first-order chi connectivity index (χ1) is 4.68. The molecule has 0 heterocycles. The van der Waals surface area contributed by atoms with E-state index >= 15 is 0 Å². The van der Waals surface area contributed by atoms with Gasteiger partial charge in [-0.15, -0.1) is 12.4 Å². The zero-order valence-corrected chi connectivity index (χ0v) is 7.13. The van der Waals surface area contributed by atoms with Crippen LogP contribution in [-0.2, 0) is 9.53 Å². The van der Waals surface area contributed by atoms with E-state index in [1.54, 1.807) is 7.11 Å². The minimum atomic E-state index is -0.968. The molecule has 0 radical (unpaired) electrons. The number of rotatable bonds is 3. The van der Waals surface area contributed by atoms with Gasteiger partial charge in [0.15, 0.2) is 0 Å². The standard InChI is InChI=1S/C3H8O2.C2H5NO2.ClH/c1-5-3-2-4;3-1-2(4)5;/h4H,2-3H2,1H3;1,3H2,(H,4,5);1H. The summed E-state index contributed by atoms with van der Waals surface area (Å²) in [5.74, 6) is -0.968. The molecule has 11 heavy (non-hydrogen) atoms. The first kappa shape index (κ1) is 16.9. The van der Waals surface area contributed by atoms with Gasteiger partial charge in [0.25, 0.3) is 0 Å².